The number of aromatic nitrogens is 8. The average molecular weight is 1670 g/mol. The number of hydrogen-bond donors (Lipinski definition) is 8. The molecule has 8 atom stereocenters. The predicted octanol–water partition coefficient (Wildman–Crippen LogP) is 16.8. The monoisotopic (exact) mass is 1670 g/mol. The number of aryl methyl sites for hydroxylation is 2. The maximum absolute atomic E-state index is 14.0. The van der Waals surface area contributed by atoms with E-state index >= 15 is 0 Å². The molecule has 28 nitrogen and oxygen atoms in total. The highest BCUT2D eigenvalue weighted by molar-refractivity contribution is 5.94. The summed E-state index contributed by atoms with van der Waals surface area (Å²) < 4.78 is 19.3. The maximum Gasteiger partial charge on any atom is 0.407 e. The van der Waals surface area contributed by atoms with E-state index in [1.165, 1.54) is 28.4 Å². The van der Waals surface area contributed by atoms with Crippen molar-refractivity contribution in [2.75, 3.05) is 54.6 Å². The van der Waals surface area contributed by atoms with Crippen molar-refractivity contribution in [2.45, 2.75) is 141 Å². The van der Waals surface area contributed by atoms with Crippen molar-refractivity contribution in [3.63, 3.8) is 0 Å². The summed E-state index contributed by atoms with van der Waals surface area (Å²) in [6.07, 6.45) is 11.1. The molecule has 0 aliphatic carbocycles. The lowest BCUT2D eigenvalue weighted by molar-refractivity contribution is -0.136. The topological polar surface area (TPSA) is 349 Å². The zero-order chi connectivity index (χ0) is 87.0. The highest BCUT2D eigenvalue weighted by Crippen LogP contribution is 2.41. The van der Waals surface area contributed by atoms with Crippen LogP contribution in [-0.4, -0.2) is 174 Å². The van der Waals surface area contributed by atoms with Gasteiger partial charge in [0.15, 0.2) is 0 Å². The van der Waals surface area contributed by atoms with E-state index in [4.69, 9.17) is 38.9 Å². The third kappa shape index (κ3) is 18.6. The Kier molecular flexibility index (Phi) is 25.8. The zero-order valence-electron chi connectivity index (χ0n) is 71.2. The minimum absolute atomic E-state index is 0.108. The number of hydrogen-bond acceptors (Lipinski definition) is 16. The maximum atomic E-state index is 14.0. The number of ether oxygens (including phenoxy) is 4. The Hall–Kier alpha value is -13.9. The summed E-state index contributed by atoms with van der Waals surface area (Å²) in [5.74, 6) is 1.95. The Morgan fingerprint density at radius 1 is 0.323 bits per heavy atom. The van der Waals surface area contributed by atoms with Crippen molar-refractivity contribution in [3.05, 3.63) is 240 Å². The third-order valence-corrected chi connectivity index (χ3v) is 24.1. The van der Waals surface area contributed by atoms with Crippen molar-refractivity contribution in [3.8, 4) is 67.3 Å². The molecule has 0 unspecified atom stereocenters. The van der Waals surface area contributed by atoms with Gasteiger partial charge in [0.05, 0.1) is 100 Å². The Morgan fingerprint density at radius 3 is 0.863 bits per heavy atom. The Labute approximate surface area is 719 Å². The molecule has 4 aromatic heterocycles. The molecule has 0 spiro atoms. The molecule has 4 fully saturated rings. The summed E-state index contributed by atoms with van der Waals surface area (Å²) in [5.41, 5.74) is 15.2. The fraction of sp³-hybridized carbons (Fsp3) is 0.333. The predicted molar refractivity (Wildman–Crippen MR) is 471 cm³/mol. The largest absolute Gasteiger partial charge is 0.453 e. The van der Waals surface area contributed by atoms with E-state index in [1.807, 2.05) is 125 Å². The highest BCUT2D eigenvalue weighted by Gasteiger charge is 2.42. The first-order chi connectivity index (χ1) is 60.0. The number of H-pyrrole nitrogens is 4. The fourth-order valence-electron chi connectivity index (χ4n) is 17.3. The van der Waals surface area contributed by atoms with Gasteiger partial charge in [-0.3, -0.25) is 19.2 Å². The number of nitrogens with zero attached hydrogens (tertiary/aromatic N) is 8. The van der Waals surface area contributed by atoms with Gasteiger partial charge < -0.3 is 79.8 Å². The molecule has 0 radical (unpaired) electrons. The Morgan fingerprint density at radius 2 is 0.573 bits per heavy atom. The van der Waals surface area contributed by atoms with Crippen LogP contribution in [0.25, 0.3) is 88.8 Å². The van der Waals surface area contributed by atoms with Crippen LogP contribution in [-0.2, 0) is 38.1 Å². The SMILES string of the molecule is COC(=O)N[C@H](C(=O)N1CCC[C@H]1c1ncc(-c2ccc(-c3ccc4cc(-c5cnc([C@@H]6CCCN6C(=O)[C@@H](NC(=O)OC)C(C)C)[nH]5)ccc4c3)cc2)[nH]1)c1ccc(C)cc1.COC(=O)N[C@H](C(=O)N1CCC[C@H]1c1ncc(-c2ccc3cc(-c4ccc(-c5cnc([C@@H]6CCCN6C(=O)[C@H](NC(=O)OC)c6ccc(C)cc6)[nH]5)cc4)ccc3c2)[nH]1)C(C)C. The first-order valence-corrected chi connectivity index (χ1v) is 42.2. The second kappa shape index (κ2) is 37.6. The molecule has 0 saturated carbocycles. The number of carbonyl (C=O) groups excluding carboxylic acids is 8. The number of rotatable bonds is 22. The molecular formula is C96H104N16O12. The summed E-state index contributed by atoms with van der Waals surface area (Å²) in [7, 11) is 5.16. The summed E-state index contributed by atoms with van der Waals surface area (Å²) in [4.78, 5) is 144. The number of likely N-dealkylation sites (tertiary alicyclic amines) is 4. The molecule has 8 N–H and O–H groups in total. The van der Waals surface area contributed by atoms with Crippen LogP contribution in [0.2, 0.25) is 0 Å². The standard InChI is InChI=1S/2C48H52N8O6/c2*1-28(2)41(53-47(59)61-4)45(57)55-22-6-8-39(55)44-50-27-38(52-44)36-21-20-34-24-33(18-19-35(34)25-36)30-14-16-31(17-15-30)37-26-49-43(51-37)40-9-7-23-56(40)46(58)42(54-48(60)62-5)32-12-10-29(3)11-13-32/h2*10-21,24-28,39-42H,6-9,22-23H2,1-5H3,(H,49,51)(H,50,52)(H,53,59)(H,54,60)/t39-,40-,41-,42+;39-,40-,41-,42-/m00/s1. The Balaban J connectivity index is 0.000000192. The molecule has 124 heavy (non-hydrogen) atoms. The number of nitrogens with one attached hydrogen (secondary N) is 8. The van der Waals surface area contributed by atoms with Gasteiger partial charge in [-0.2, -0.15) is 0 Å². The number of fused-ring (bicyclic) bond motifs is 2. The number of benzene rings is 8. The van der Waals surface area contributed by atoms with Gasteiger partial charge in [0.2, 0.25) is 11.8 Å². The van der Waals surface area contributed by atoms with Crippen LogP contribution in [0.3, 0.4) is 0 Å². The molecule has 16 rings (SSSR count). The molecule has 8 aromatic carbocycles. The number of methoxy groups -OCH3 is 4. The summed E-state index contributed by atoms with van der Waals surface area (Å²) in [5, 5.41) is 15.2. The third-order valence-electron chi connectivity index (χ3n) is 24.1. The van der Waals surface area contributed by atoms with E-state index in [0.717, 1.165) is 163 Å². The lowest BCUT2D eigenvalue weighted by Gasteiger charge is -2.30. The second-order valence-corrected chi connectivity index (χ2v) is 32.9. The van der Waals surface area contributed by atoms with Crippen LogP contribution in [0.4, 0.5) is 19.2 Å². The van der Waals surface area contributed by atoms with Crippen molar-refractivity contribution in [1.82, 2.24) is 80.7 Å². The minimum Gasteiger partial charge on any atom is -0.453 e. The van der Waals surface area contributed by atoms with E-state index in [2.05, 4.69) is 163 Å². The van der Waals surface area contributed by atoms with Crippen LogP contribution >= 0.6 is 0 Å². The zero-order valence-corrected chi connectivity index (χ0v) is 71.2. The quantitative estimate of drug-likeness (QED) is 0.0292. The number of alkyl carbamates (subject to hydrolysis) is 4. The molecule has 0 bridgehead atoms. The van der Waals surface area contributed by atoms with Gasteiger partial charge in [-0.15, -0.1) is 0 Å². The molecule has 4 aliphatic rings. The lowest BCUT2D eigenvalue weighted by atomic mass is 9.98. The molecule has 4 aliphatic heterocycles. The number of aromatic amines is 4. The molecule has 4 saturated heterocycles. The van der Waals surface area contributed by atoms with Crippen LogP contribution in [0, 0.1) is 25.7 Å². The highest BCUT2D eigenvalue weighted by atomic mass is 16.5. The number of carbonyl (C=O) groups is 8. The summed E-state index contributed by atoms with van der Waals surface area (Å²) in [6, 6.07) is 53.2. The van der Waals surface area contributed by atoms with E-state index in [9.17, 15) is 38.4 Å². The van der Waals surface area contributed by atoms with Crippen LogP contribution in [0.1, 0.15) is 161 Å². The number of amides is 8. The van der Waals surface area contributed by atoms with Gasteiger partial charge >= 0.3 is 24.4 Å². The van der Waals surface area contributed by atoms with E-state index < -0.39 is 48.5 Å². The van der Waals surface area contributed by atoms with Crippen molar-refractivity contribution in [1.29, 1.82) is 0 Å². The summed E-state index contributed by atoms with van der Waals surface area (Å²) in [6.45, 7) is 13.9. The van der Waals surface area contributed by atoms with Crippen molar-refractivity contribution >= 4 is 69.5 Å². The normalized spacial score (nSPS) is 17.3. The van der Waals surface area contributed by atoms with E-state index in [0.29, 0.717) is 49.0 Å². The molecule has 8 heterocycles. The second-order valence-electron chi connectivity index (χ2n) is 32.9. The van der Waals surface area contributed by atoms with Gasteiger partial charge in [-0.1, -0.05) is 184 Å². The van der Waals surface area contributed by atoms with Gasteiger partial charge in [-0.05, 0) is 167 Å². The number of imidazole rings is 4. The van der Waals surface area contributed by atoms with Crippen molar-refractivity contribution in [2.24, 2.45) is 11.8 Å². The minimum atomic E-state index is -0.885. The fourth-order valence-corrected chi connectivity index (χ4v) is 17.3. The molecule has 640 valence electrons. The smallest absolute Gasteiger partial charge is 0.407 e. The summed E-state index contributed by atoms with van der Waals surface area (Å²) >= 11 is 0. The van der Waals surface area contributed by atoms with Crippen LogP contribution in [0.15, 0.2) is 195 Å². The van der Waals surface area contributed by atoms with Gasteiger partial charge in [0.25, 0.3) is 11.8 Å². The first-order valence-electron chi connectivity index (χ1n) is 42.2. The van der Waals surface area contributed by atoms with Gasteiger partial charge in [-0.25, -0.2) is 39.1 Å². The molecule has 12 aromatic rings. The van der Waals surface area contributed by atoms with E-state index in [1.54, 1.807) is 9.80 Å². The Bertz CT molecular complexity index is 5520. The van der Waals surface area contributed by atoms with Crippen molar-refractivity contribution < 1.29 is 57.3 Å². The van der Waals surface area contributed by atoms with Gasteiger partial charge in [0, 0.05) is 37.3 Å². The van der Waals surface area contributed by atoms with Crippen LogP contribution in [0.5, 0.6) is 0 Å². The van der Waals surface area contributed by atoms with Gasteiger partial charge in [0.1, 0.15) is 47.5 Å². The lowest BCUT2D eigenvalue weighted by Crippen LogP contribution is -2.51. The molecule has 28 heteroatoms. The first kappa shape index (κ1) is 85.1. The molecular weight excluding hydrogens is 1570 g/mol. The van der Waals surface area contributed by atoms with E-state index in [-0.39, 0.29) is 59.6 Å². The molecule has 8 amide bonds. The van der Waals surface area contributed by atoms with Crippen LogP contribution < -0.4 is 21.3 Å². The average Bonchev–Trinajstić information content (AvgIpc) is 1.58.